The van der Waals surface area contributed by atoms with Gasteiger partial charge in [-0.25, -0.2) is 4.98 Å². The normalized spacial score (nSPS) is 16.3. The number of ether oxygens (including phenoxy) is 2. The second-order valence-corrected chi connectivity index (χ2v) is 15.5. The SMILES string of the molecule is C=N/C=C(C#N)\C=C(/C)COc1cc(OCc2cccc(-c3cccc(NC(=O)c4nc5c(n4C)CCN(C)C5)c3Cl)c2C)c(Cl)cc1CN1CCCC[C@H]1C(=O)O. The molecule has 1 amide bonds. The van der Waals surface area contributed by atoms with Crippen LogP contribution in [0.3, 0.4) is 0 Å². The smallest absolute Gasteiger partial charge is 0.320 e. The second-order valence-electron chi connectivity index (χ2n) is 14.7. The number of carbonyl (C=O) groups excluding carboxylic acids is 1. The van der Waals surface area contributed by atoms with E-state index in [-0.39, 0.29) is 19.1 Å². The standard InChI is InChI=1S/C44H47Cl2N7O5/c1-27(18-29(21-47)22-48-3)25-57-39-20-40(34(45)19-31(39)23-53-16-7-6-14-38(53)44(55)56)58-26-30-10-8-11-32(28(30)2)33-12-9-13-35(41(33)46)50-43(54)42-49-36-24-51(4)17-15-37(36)52(42)5/h8-13,18-20,22,38H,3,6-7,14-17,23-26H2,1-2,4-5H3,(H,50,54)(H,55,56)/b27-18+,29-22+/t38-/m0/s1. The molecule has 6 rings (SSSR count). The number of allylic oxidation sites excluding steroid dienone is 2. The number of carbonyl (C=O) groups is 2. The third kappa shape index (κ3) is 9.63. The first-order chi connectivity index (χ1) is 27.9. The van der Waals surface area contributed by atoms with E-state index in [2.05, 4.69) is 33.0 Å². The van der Waals surface area contributed by atoms with Crippen LogP contribution in [0.15, 0.2) is 76.9 Å². The Bertz CT molecular complexity index is 2330. The number of aromatic nitrogens is 2. The predicted molar refractivity (Wildman–Crippen MR) is 227 cm³/mol. The van der Waals surface area contributed by atoms with E-state index in [0.29, 0.717) is 64.7 Å². The highest BCUT2D eigenvalue weighted by molar-refractivity contribution is 6.36. The molecule has 1 atom stereocenters. The minimum absolute atomic E-state index is 0.148. The average Bonchev–Trinajstić information content (AvgIpc) is 3.53. The lowest BCUT2D eigenvalue weighted by molar-refractivity contribution is -0.144. The Balaban J connectivity index is 1.23. The first-order valence-electron chi connectivity index (χ1n) is 19.1. The first-order valence-corrected chi connectivity index (χ1v) is 19.8. The minimum atomic E-state index is -0.857. The first kappa shape index (κ1) is 42.2. The summed E-state index contributed by atoms with van der Waals surface area (Å²) >= 11 is 13.9. The molecule has 58 heavy (non-hydrogen) atoms. The molecule has 0 radical (unpaired) electrons. The monoisotopic (exact) mass is 823 g/mol. The lowest BCUT2D eigenvalue weighted by atomic mass is 9.96. The molecule has 302 valence electrons. The highest BCUT2D eigenvalue weighted by atomic mass is 35.5. The van der Waals surface area contributed by atoms with E-state index >= 15 is 0 Å². The summed E-state index contributed by atoms with van der Waals surface area (Å²) in [4.78, 5) is 38.1. The van der Waals surface area contributed by atoms with Crippen molar-refractivity contribution in [2.45, 2.75) is 65.3 Å². The zero-order chi connectivity index (χ0) is 41.5. The molecule has 1 saturated heterocycles. The van der Waals surface area contributed by atoms with Gasteiger partial charge < -0.3 is 29.4 Å². The minimum Gasteiger partial charge on any atom is -0.489 e. The van der Waals surface area contributed by atoms with Crippen LogP contribution in [0, 0.1) is 18.3 Å². The summed E-state index contributed by atoms with van der Waals surface area (Å²) in [7, 11) is 3.91. The molecule has 2 aliphatic rings. The number of piperidine rings is 1. The summed E-state index contributed by atoms with van der Waals surface area (Å²) in [5, 5.41) is 23.1. The van der Waals surface area contributed by atoms with Gasteiger partial charge >= 0.3 is 5.97 Å². The van der Waals surface area contributed by atoms with Gasteiger partial charge in [-0.1, -0.05) is 60.0 Å². The quantitative estimate of drug-likeness (QED) is 0.0728. The topological polar surface area (TPSA) is 145 Å². The Morgan fingerprint density at radius 2 is 1.86 bits per heavy atom. The van der Waals surface area contributed by atoms with Gasteiger partial charge in [0.15, 0.2) is 5.82 Å². The number of hydrogen-bond acceptors (Lipinski definition) is 9. The predicted octanol–water partition coefficient (Wildman–Crippen LogP) is 8.39. The molecule has 2 N–H and O–H groups in total. The molecular weight excluding hydrogens is 777 g/mol. The van der Waals surface area contributed by atoms with Crippen molar-refractivity contribution in [1.82, 2.24) is 19.4 Å². The Morgan fingerprint density at radius 3 is 2.62 bits per heavy atom. The molecule has 0 saturated carbocycles. The summed E-state index contributed by atoms with van der Waals surface area (Å²) in [5.41, 5.74) is 7.71. The number of rotatable bonds is 14. The van der Waals surface area contributed by atoms with E-state index < -0.39 is 12.0 Å². The van der Waals surface area contributed by atoms with Gasteiger partial charge in [0.25, 0.3) is 5.91 Å². The van der Waals surface area contributed by atoms with Crippen LogP contribution in [-0.4, -0.2) is 75.8 Å². The number of nitrogens with one attached hydrogen (secondary N) is 1. The summed E-state index contributed by atoms with van der Waals surface area (Å²) in [6, 6.07) is 16.4. The number of fused-ring (bicyclic) bond motifs is 1. The summed E-state index contributed by atoms with van der Waals surface area (Å²) in [5.74, 6) is 0.0248. The number of hydrogen-bond donors (Lipinski definition) is 2. The average molecular weight is 825 g/mol. The molecule has 3 heterocycles. The van der Waals surface area contributed by atoms with Crippen LogP contribution in [0.1, 0.15) is 64.9 Å². The number of nitriles is 1. The Labute approximate surface area is 349 Å². The molecule has 3 aromatic carbocycles. The van der Waals surface area contributed by atoms with E-state index in [1.54, 1.807) is 24.3 Å². The van der Waals surface area contributed by atoms with Gasteiger partial charge in [0.05, 0.1) is 27.0 Å². The molecule has 0 unspecified atom stereocenters. The van der Waals surface area contributed by atoms with Gasteiger partial charge in [-0.05, 0) is 87.5 Å². The molecule has 12 nitrogen and oxygen atoms in total. The number of aliphatic imine (C=N–C) groups is 1. The van der Waals surface area contributed by atoms with E-state index in [1.807, 2.05) is 67.7 Å². The molecule has 0 aliphatic carbocycles. The maximum atomic E-state index is 13.5. The zero-order valence-electron chi connectivity index (χ0n) is 33.1. The number of nitrogens with zero attached hydrogens (tertiary/aromatic N) is 6. The number of carboxylic acids is 1. The second kappa shape index (κ2) is 18.9. The number of carboxylic acid groups (broad SMARTS) is 1. The molecule has 0 bridgehead atoms. The highest BCUT2D eigenvalue weighted by Crippen LogP contribution is 2.39. The number of benzene rings is 3. The number of aliphatic carboxylic acids is 1. The number of imidazole rings is 1. The van der Waals surface area contributed by atoms with Crippen LogP contribution >= 0.6 is 23.2 Å². The fourth-order valence-electron chi connectivity index (χ4n) is 7.48. The van der Waals surface area contributed by atoms with Crippen LogP contribution in [0.5, 0.6) is 11.5 Å². The van der Waals surface area contributed by atoms with Gasteiger partial charge in [-0.2, -0.15) is 5.26 Å². The lowest BCUT2D eigenvalue weighted by Gasteiger charge is -2.33. The van der Waals surface area contributed by atoms with Crippen LogP contribution in [0.25, 0.3) is 11.1 Å². The van der Waals surface area contributed by atoms with Crippen molar-refractivity contribution >= 4 is 47.5 Å². The van der Waals surface area contributed by atoms with Crippen molar-refractivity contribution in [3.63, 3.8) is 0 Å². The van der Waals surface area contributed by atoms with E-state index in [4.69, 9.17) is 32.7 Å². The Hall–Kier alpha value is -5.45. The van der Waals surface area contributed by atoms with E-state index in [0.717, 1.165) is 70.6 Å². The largest absolute Gasteiger partial charge is 0.489 e. The van der Waals surface area contributed by atoms with Gasteiger partial charge in [0.1, 0.15) is 36.8 Å². The number of halogens is 2. The van der Waals surface area contributed by atoms with Gasteiger partial charge in [0.2, 0.25) is 0 Å². The number of anilines is 1. The fourth-order valence-corrected chi connectivity index (χ4v) is 8.00. The maximum Gasteiger partial charge on any atom is 0.320 e. The number of amides is 1. The van der Waals surface area contributed by atoms with Crippen molar-refractivity contribution in [2.24, 2.45) is 12.0 Å². The van der Waals surface area contributed by atoms with Crippen molar-refractivity contribution in [3.8, 4) is 28.7 Å². The molecule has 14 heteroatoms. The Kier molecular flexibility index (Phi) is 13.7. The third-order valence-corrected chi connectivity index (χ3v) is 11.3. The summed E-state index contributed by atoms with van der Waals surface area (Å²) in [6.07, 6.45) is 6.18. The van der Waals surface area contributed by atoms with E-state index in [1.165, 1.54) is 6.20 Å². The van der Waals surface area contributed by atoms with Gasteiger partial charge in [-0.15, -0.1) is 0 Å². The lowest BCUT2D eigenvalue weighted by Crippen LogP contribution is -2.44. The number of likely N-dealkylation sites (N-methyl/N-ethyl adjacent to an activating group) is 1. The Morgan fingerprint density at radius 1 is 1.09 bits per heavy atom. The van der Waals surface area contributed by atoms with Gasteiger partial charge in [0, 0.05) is 62.2 Å². The molecule has 1 fully saturated rings. The summed E-state index contributed by atoms with van der Waals surface area (Å²) in [6.45, 7) is 10.1. The third-order valence-electron chi connectivity index (χ3n) is 10.6. The number of likely N-dealkylation sites (tertiary alicyclic amines) is 1. The molecule has 1 aromatic heterocycles. The van der Waals surface area contributed by atoms with Crippen molar-refractivity contribution in [2.75, 3.05) is 32.1 Å². The van der Waals surface area contributed by atoms with Crippen molar-refractivity contribution < 1.29 is 24.2 Å². The van der Waals surface area contributed by atoms with Crippen molar-refractivity contribution in [3.05, 3.63) is 116 Å². The van der Waals surface area contributed by atoms with E-state index in [9.17, 15) is 20.0 Å². The van der Waals surface area contributed by atoms with Crippen molar-refractivity contribution in [1.29, 1.82) is 5.26 Å². The fraction of sp³-hybridized carbons (Fsp3) is 0.341. The highest BCUT2D eigenvalue weighted by Gasteiger charge is 2.30. The zero-order valence-corrected chi connectivity index (χ0v) is 34.7. The maximum absolute atomic E-state index is 13.5. The van der Waals surface area contributed by atoms with Crippen LogP contribution < -0.4 is 14.8 Å². The van der Waals surface area contributed by atoms with Crippen LogP contribution in [-0.2, 0) is 38.0 Å². The molecule has 4 aromatic rings. The molecule has 2 aliphatic heterocycles. The molecule has 0 spiro atoms. The van der Waals surface area contributed by atoms with Crippen LogP contribution in [0.2, 0.25) is 10.0 Å². The molecular formula is C44H47Cl2N7O5. The van der Waals surface area contributed by atoms with Crippen LogP contribution in [0.4, 0.5) is 5.69 Å². The summed E-state index contributed by atoms with van der Waals surface area (Å²) < 4.78 is 14.5. The van der Waals surface area contributed by atoms with Gasteiger partial charge in [-0.3, -0.25) is 19.5 Å².